The van der Waals surface area contributed by atoms with Gasteiger partial charge in [-0.15, -0.1) is 0 Å². The van der Waals surface area contributed by atoms with Gasteiger partial charge in [0.05, 0.1) is 5.41 Å². The molecule has 0 unspecified atom stereocenters. The molecule has 1 aliphatic heterocycles. The zero-order valence-corrected chi connectivity index (χ0v) is 29.8. The Morgan fingerprint density at radius 3 is 1.80 bits per heavy atom. The lowest BCUT2D eigenvalue weighted by atomic mass is 9.66. The maximum absolute atomic E-state index is 6.90. The number of hydrogen-bond acceptors (Lipinski definition) is 2. The van der Waals surface area contributed by atoms with Crippen molar-refractivity contribution in [2.24, 2.45) is 0 Å². The van der Waals surface area contributed by atoms with Gasteiger partial charge in [-0.3, -0.25) is 0 Å². The second-order valence-corrected chi connectivity index (χ2v) is 14.8. The van der Waals surface area contributed by atoms with Crippen LogP contribution < -0.4 is 4.74 Å². The number of fused-ring (bicyclic) bond motifs is 14. The molecule has 0 amide bonds. The standard InChI is InChI=1S/C53H32O2/c1-2-13-33(14-3-1)36-29-37(31-38(30-36)39-19-12-24-49-51(39)43-27-25-34-15-4-5-16-40(34)52(43)55-49)35-26-28-47-50(32-35)54-48-23-11-10-22-46(48)53(47)44-20-8-6-17-41(44)42-18-7-9-21-45(42)53/h1-32H. The fourth-order valence-corrected chi connectivity index (χ4v) is 9.58. The fourth-order valence-electron chi connectivity index (χ4n) is 9.58. The highest BCUT2D eigenvalue weighted by atomic mass is 16.5. The first-order valence-corrected chi connectivity index (χ1v) is 18.9. The number of benzene rings is 9. The van der Waals surface area contributed by atoms with Crippen molar-refractivity contribution in [3.8, 4) is 56.0 Å². The Labute approximate surface area is 318 Å². The summed E-state index contributed by atoms with van der Waals surface area (Å²) < 4.78 is 13.5. The third-order valence-corrected chi connectivity index (χ3v) is 11.9. The zero-order chi connectivity index (χ0) is 36.1. The number of ether oxygens (including phenoxy) is 1. The Morgan fingerprint density at radius 1 is 0.345 bits per heavy atom. The molecular formula is C53H32O2. The van der Waals surface area contributed by atoms with E-state index in [0.717, 1.165) is 72.2 Å². The number of rotatable bonds is 3. The van der Waals surface area contributed by atoms with Crippen molar-refractivity contribution in [1.29, 1.82) is 0 Å². The van der Waals surface area contributed by atoms with Crippen LogP contribution in [0, 0.1) is 0 Å². The van der Waals surface area contributed by atoms with Gasteiger partial charge in [-0.25, -0.2) is 0 Å². The lowest BCUT2D eigenvalue weighted by Gasteiger charge is -2.39. The van der Waals surface area contributed by atoms with Crippen LogP contribution in [0.2, 0.25) is 0 Å². The average Bonchev–Trinajstić information content (AvgIpc) is 3.78. The van der Waals surface area contributed by atoms with Crippen molar-refractivity contribution in [3.63, 3.8) is 0 Å². The van der Waals surface area contributed by atoms with E-state index in [-0.39, 0.29) is 0 Å². The molecule has 1 spiro atoms. The second-order valence-electron chi connectivity index (χ2n) is 14.8. The minimum Gasteiger partial charge on any atom is -0.457 e. The van der Waals surface area contributed by atoms with Crippen molar-refractivity contribution in [3.05, 3.63) is 216 Å². The molecule has 2 aliphatic rings. The summed E-state index contributed by atoms with van der Waals surface area (Å²) in [4.78, 5) is 0. The third-order valence-electron chi connectivity index (χ3n) is 11.9. The molecule has 2 heterocycles. The average molecular weight is 701 g/mol. The Balaban J connectivity index is 1.09. The molecule has 0 fully saturated rings. The highest BCUT2D eigenvalue weighted by Crippen LogP contribution is 2.62. The van der Waals surface area contributed by atoms with Gasteiger partial charge in [0.15, 0.2) is 0 Å². The molecule has 9 aromatic carbocycles. The zero-order valence-electron chi connectivity index (χ0n) is 29.8. The van der Waals surface area contributed by atoms with Crippen molar-refractivity contribution in [2.75, 3.05) is 0 Å². The molecule has 256 valence electrons. The summed E-state index contributed by atoms with van der Waals surface area (Å²) in [7, 11) is 0. The van der Waals surface area contributed by atoms with Crippen LogP contribution in [0.1, 0.15) is 22.3 Å². The van der Waals surface area contributed by atoms with Gasteiger partial charge in [0, 0.05) is 27.3 Å². The van der Waals surface area contributed by atoms with E-state index in [4.69, 9.17) is 9.15 Å². The molecule has 1 aliphatic carbocycles. The van der Waals surface area contributed by atoms with Gasteiger partial charge >= 0.3 is 0 Å². The van der Waals surface area contributed by atoms with Gasteiger partial charge in [-0.05, 0) is 103 Å². The molecule has 10 aromatic rings. The van der Waals surface area contributed by atoms with Crippen LogP contribution in [0.4, 0.5) is 0 Å². The van der Waals surface area contributed by atoms with E-state index in [1.807, 2.05) is 0 Å². The molecule has 1 aromatic heterocycles. The molecule has 0 bridgehead atoms. The molecule has 0 atom stereocenters. The summed E-state index contributed by atoms with van der Waals surface area (Å²) in [5.41, 5.74) is 15.6. The van der Waals surface area contributed by atoms with Gasteiger partial charge in [-0.1, -0.05) is 152 Å². The predicted octanol–water partition coefficient (Wildman–Crippen LogP) is 14.2. The molecule has 12 rings (SSSR count). The van der Waals surface area contributed by atoms with Crippen LogP contribution in [0.3, 0.4) is 0 Å². The van der Waals surface area contributed by atoms with Crippen molar-refractivity contribution < 1.29 is 9.15 Å². The van der Waals surface area contributed by atoms with Crippen LogP contribution in [0.25, 0.3) is 77.2 Å². The van der Waals surface area contributed by atoms with Crippen LogP contribution in [0.15, 0.2) is 199 Å². The van der Waals surface area contributed by atoms with Crippen LogP contribution >= 0.6 is 0 Å². The van der Waals surface area contributed by atoms with Crippen molar-refractivity contribution >= 4 is 32.7 Å². The first-order valence-electron chi connectivity index (χ1n) is 18.9. The van der Waals surface area contributed by atoms with E-state index < -0.39 is 5.41 Å². The molecule has 55 heavy (non-hydrogen) atoms. The van der Waals surface area contributed by atoms with Crippen LogP contribution in [-0.2, 0) is 5.41 Å². The Kier molecular flexibility index (Phi) is 6.29. The summed E-state index contributed by atoms with van der Waals surface area (Å²) in [6, 6.07) is 70.1. The van der Waals surface area contributed by atoms with Gasteiger partial charge in [0.1, 0.15) is 22.7 Å². The SMILES string of the molecule is c1ccc(-c2cc(-c3ccc4c(c3)Oc3ccccc3C43c4ccccc4-c4ccccc43)cc(-c3cccc4oc5c6ccccc6ccc5c34)c2)cc1. The van der Waals surface area contributed by atoms with Crippen LogP contribution in [0.5, 0.6) is 11.5 Å². The largest absolute Gasteiger partial charge is 0.457 e. The van der Waals surface area contributed by atoms with E-state index in [0.29, 0.717) is 0 Å². The lowest BCUT2D eigenvalue weighted by molar-refractivity contribution is 0.436. The van der Waals surface area contributed by atoms with Crippen molar-refractivity contribution in [2.45, 2.75) is 5.41 Å². The third kappa shape index (κ3) is 4.25. The maximum Gasteiger partial charge on any atom is 0.143 e. The first kappa shape index (κ1) is 30.3. The second kappa shape index (κ2) is 11.4. The topological polar surface area (TPSA) is 22.4 Å². The summed E-state index contributed by atoms with van der Waals surface area (Å²) in [6.45, 7) is 0. The summed E-state index contributed by atoms with van der Waals surface area (Å²) in [5, 5.41) is 4.55. The quantitative estimate of drug-likeness (QED) is 0.183. The molecule has 0 N–H and O–H groups in total. The summed E-state index contributed by atoms with van der Waals surface area (Å²) in [6.07, 6.45) is 0. The van der Waals surface area contributed by atoms with E-state index in [2.05, 4.69) is 194 Å². The highest BCUT2D eigenvalue weighted by molar-refractivity contribution is 6.19. The molecule has 2 heteroatoms. The molecule has 0 saturated carbocycles. The Hall–Kier alpha value is -7.16. The van der Waals surface area contributed by atoms with E-state index >= 15 is 0 Å². The number of hydrogen-bond donors (Lipinski definition) is 0. The molecule has 0 saturated heterocycles. The van der Waals surface area contributed by atoms with E-state index in [1.165, 1.54) is 38.8 Å². The Morgan fingerprint density at radius 2 is 0.982 bits per heavy atom. The van der Waals surface area contributed by atoms with E-state index in [1.54, 1.807) is 0 Å². The van der Waals surface area contributed by atoms with Crippen molar-refractivity contribution in [1.82, 2.24) is 0 Å². The Bertz CT molecular complexity index is 3140. The van der Waals surface area contributed by atoms with E-state index in [9.17, 15) is 0 Å². The van der Waals surface area contributed by atoms with Gasteiger partial charge < -0.3 is 9.15 Å². The highest BCUT2D eigenvalue weighted by Gasteiger charge is 2.50. The van der Waals surface area contributed by atoms with Crippen LogP contribution in [-0.4, -0.2) is 0 Å². The normalized spacial score (nSPS) is 13.4. The molecule has 2 nitrogen and oxygen atoms in total. The fraction of sp³-hybridized carbons (Fsp3) is 0.0189. The molecular weight excluding hydrogens is 669 g/mol. The summed E-state index contributed by atoms with van der Waals surface area (Å²) >= 11 is 0. The maximum atomic E-state index is 6.90. The number of furan rings is 1. The summed E-state index contributed by atoms with van der Waals surface area (Å²) in [5.74, 6) is 1.77. The monoisotopic (exact) mass is 700 g/mol. The minimum atomic E-state index is -0.491. The molecule has 0 radical (unpaired) electrons. The number of para-hydroxylation sites is 1. The smallest absolute Gasteiger partial charge is 0.143 e. The predicted molar refractivity (Wildman–Crippen MR) is 225 cm³/mol. The van der Waals surface area contributed by atoms with Gasteiger partial charge in [-0.2, -0.15) is 0 Å². The lowest BCUT2D eigenvalue weighted by Crippen LogP contribution is -2.32. The van der Waals surface area contributed by atoms with Gasteiger partial charge in [0.2, 0.25) is 0 Å². The minimum absolute atomic E-state index is 0.491. The first-order chi connectivity index (χ1) is 27.3. The van der Waals surface area contributed by atoms with Gasteiger partial charge in [0.25, 0.3) is 0 Å².